The van der Waals surface area contributed by atoms with Gasteiger partial charge < -0.3 is 14.4 Å². The maximum atomic E-state index is 13.5. The Labute approximate surface area is 236 Å². The number of allylic oxidation sites excluding steroid dienone is 1. The molecule has 1 aliphatic heterocycles. The summed E-state index contributed by atoms with van der Waals surface area (Å²) in [6.45, 7) is 0. The second-order valence-corrected chi connectivity index (χ2v) is 10.5. The van der Waals surface area contributed by atoms with Crippen molar-refractivity contribution in [2.75, 3.05) is 12.4 Å². The summed E-state index contributed by atoms with van der Waals surface area (Å²) >= 11 is 6.32. The van der Waals surface area contributed by atoms with E-state index in [0.29, 0.717) is 34.5 Å². The molecular weight excluding hydrogens is 528 g/mol. The van der Waals surface area contributed by atoms with Gasteiger partial charge in [0.1, 0.15) is 0 Å². The first-order valence-corrected chi connectivity index (χ1v) is 13.5. The summed E-state index contributed by atoms with van der Waals surface area (Å²) in [5.74, 6) is 1.13. The fourth-order valence-electron chi connectivity index (χ4n) is 5.13. The molecule has 4 aromatic rings. The second-order valence-electron chi connectivity index (χ2n) is 10.1. The Kier molecular flexibility index (Phi) is 7.09. The number of oxazole rings is 1. The van der Waals surface area contributed by atoms with Gasteiger partial charge in [-0.3, -0.25) is 10.3 Å². The van der Waals surface area contributed by atoms with Crippen LogP contribution in [0.3, 0.4) is 0 Å². The number of carbonyl (C=O) groups excluding carboxylic acids is 1. The summed E-state index contributed by atoms with van der Waals surface area (Å²) in [7, 11) is 1.33. The van der Waals surface area contributed by atoms with E-state index in [1.54, 1.807) is 18.5 Å². The van der Waals surface area contributed by atoms with Gasteiger partial charge in [0.15, 0.2) is 18.4 Å². The van der Waals surface area contributed by atoms with E-state index in [4.69, 9.17) is 21.0 Å². The highest BCUT2D eigenvalue weighted by atomic mass is 35.5. The van der Waals surface area contributed by atoms with Crippen molar-refractivity contribution in [1.82, 2.24) is 4.98 Å². The third kappa shape index (κ3) is 5.49. The molecule has 6 rings (SSSR count). The number of hydrogen-bond acceptors (Lipinski definition) is 6. The van der Waals surface area contributed by atoms with Crippen molar-refractivity contribution in [1.29, 1.82) is 0 Å². The summed E-state index contributed by atoms with van der Waals surface area (Å²) < 4.78 is 11.1. The fourth-order valence-corrected chi connectivity index (χ4v) is 5.30. The van der Waals surface area contributed by atoms with Gasteiger partial charge in [0.05, 0.1) is 19.2 Å². The van der Waals surface area contributed by atoms with Crippen LogP contribution >= 0.6 is 11.6 Å². The van der Waals surface area contributed by atoms with Gasteiger partial charge in [-0.25, -0.2) is 9.78 Å². The Hall–Kier alpha value is -4.43. The Balaban J connectivity index is 1.25. The van der Waals surface area contributed by atoms with Gasteiger partial charge in [-0.2, -0.15) is 4.73 Å². The van der Waals surface area contributed by atoms with Crippen LogP contribution in [0, 0.1) is 11.1 Å². The Bertz CT molecular complexity index is 1610. The molecule has 40 heavy (non-hydrogen) atoms. The average molecular weight is 555 g/mol. The van der Waals surface area contributed by atoms with Crippen LogP contribution in [0.4, 0.5) is 10.5 Å². The Morgan fingerprint density at radius 2 is 1.95 bits per heavy atom. The van der Waals surface area contributed by atoms with Crippen LogP contribution in [0.1, 0.15) is 42.9 Å². The fraction of sp³-hybridized carbons (Fsp3) is 0.226. The number of nitrogens with one attached hydrogen (secondary N) is 1. The standard InChI is InChI=1S/C31H27ClN4O4/c1-39-31(37)35-24-8-4-20(5-9-24)22-13-28(34-15-22)27(12-19-2-3-19)29-11-6-21(17-36(29)38)26-14-23(32)7-10-25(26)30-16-33-18-40-30/h4-11,14-19,27H,2-3,12-13H2,1H3,(H,35,37). The van der Waals surface area contributed by atoms with E-state index < -0.39 is 6.09 Å². The van der Waals surface area contributed by atoms with Crippen LogP contribution in [0.2, 0.25) is 5.02 Å². The lowest BCUT2D eigenvalue weighted by Crippen LogP contribution is -2.35. The molecule has 1 N–H and O–H groups in total. The van der Waals surface area contributed by atoms with Crippen molar-refractivity contribution in [3.05, 3.63) is 101 Å². The van der Waals surface area contributed by atoms with Crippen molar-refractivity contribution in [2.45, 2.75) is 31.6 Å². The predicted molar refractivity (Wildman–Crippen MR) is 154 cm³/mol. The normalized spacial score (nSPS) is 15.3. The number of halogens is 1. The molecule has 1 saturated carbocycles. The van der Waals surface area contributed by atoms with Gasteiger partial charge in [0.2, 0.25) is 5.69 Å². The molecule has 1 unspecified atom stereocenters. The van der Waals surface area contributed by atoms with Gasteiger partial charge in [-0.15, -0.1) is 0 Å². The van der Waals surface area contributed by atoms with Gasteiger partial charge in [0, 0.05) is 51.8 Å². The first-order valence-electron chi connectivity index (χ1n) is 13.1. The summed E-state index contributed by atoms with van der Waals surface area (Å²) in [6, 6.07) is 16.9. The topological polar surface area (TPSA) is 104 Å². The largest absolute Gasteiger partial charge is 0.618 e. The highest BCUT2D eigenvalue weighted by Gasteiger charge is 2.34. The predicted octanol–water partition coefficient (Wildman–Crippen LogP) is 7.24. The lowest BCUT2D eigenvalue weighted by Gasteiger charge is -2.18. The number of nitrogens with zero attached hydrogens (tertiary/aromatic N) is 3. The van der Waals surface area contributed by atoms with E-state index in [9.17, 15) is 10.0 Å². The SMILES string of the molecule is COC(=O)Nc1ccc(C2=CN=C(C(CC3CC3)c3ccc(-c4cc(Cl)ccc4-c4cnco4)c[n+]3[O-])C2)cc1. The van der Waals surface area contributed by atoms with Crippen LogP contribution in [0.25, 0.3) is 28.0 Å². The van der Waals surface area contributed by atoms with Gasteiger partial charge in [-0.05, 0) is 59.9 Å². The average Bonchev–Trinajstić information content (AvgIpc) is 3.39. The molecule has 0 saturated heterocycles. The van der Waals surface area contributed by atoms with E-state index >= 15 is 0 Å². The molecular formula is C31H27ClN4O4. The molecule has 3 heterocycles. The number of anilines is 1. The summed E-state index contributed by atoms with van der Waals surface area (Å²) in [5.41, 5.74) is 6.77. The third-order valence-corrected chi connectivity index (χ3v) is 7.64. The number of aliphatic imine (C=N–C) groups is 1. The number of benzene rings is 2. The highest BCUT2D eigenvalue weighted by molar-refractivity contribution is 6.31. The van der Waals surface area contributed by atoms with Gasteiger partial charge in [0.25, 0.3) is 0 Å². The van der Waals surface area contributed by atoms with Crippen LogP contribution < -0.4 is 10.0 Å². The summed E-state index contributed by atoms with van der Waals surface area (Å²) in [6.07, 6.45) is 9.92. The van der Waals surface area contributed by atoms with E-state index in [1.165, 1.54) is 26.3 Å². The lowest BCUT2D eigenvalue weighted by atomic mass is 9.88. The van der Waals surface area contributed by atoms with Crippen molar-refractivity contribution in [2.24, 2.45) is 10.9 Å². The first kappa shape index (κ1) is 25.8. The molecule has 2 aliphatic rings. The van der Waals surface area contributed by atoms with E-state index in [2.05, 4.69) is 15.0 Å². The number of hydrogen-bond donors (Lipinski definition) is 1. The number of ether oxygens (including phenoxy) is 1. The summed E-state index contributed by atoms with van der Waals surface area (Å²) in [5, 5.41) is 16.8. The quantitative estimate of drug-likeness (QED) is 0.182. The lowest BCUT2D eigenvalue weighted by molar-refractivity contribution is -0.614. The molecule has 0 radical (unpaired) electrons. The zero-order valence-corrected chi connectivity index (χ0v) is 22.6. The third-order valence-electron chi connectivity index (χ3n) is 7.41. The van der Waals surface area contributed by atoms with Crippen LogP contribution in [0.15, 0.2) is 89.0 Å². The zero-order chi connectivity index (χ0) is 27.6. The zero-order valence-electron chi connectivity index (χ0n) is 21.8. The van der Waals surface area contributed by atoms with E-state index in [-0.39, 0.29) is 5.92 Å². The molecule has 8 nitrogen and oxygen atoms in total. The van der Waals surface area contributed by atoms with Crippen LogP contribution in [-0.2, 0) is 4.74 Å². The molecule has 202 valence electrons. The molecule has 0 bridgehead atoms. The molecule has 9 heteroatoms. The van der Waals surface area contributed by atoms with Crippen LogP contribution in [0.5, 0.6) is 0 Å². The second kappa shape index (κ2) is 11.0. The van der Waals surface area contributed by atoms with Crippen molar-refractivity contribution >= 4 is 34.7 Å². The molecule has 1 fully saturated rings. The number of methoxy groups -OCH3 is 1. The van der Waals surface area contributed by atoms with Gasteiger partial charge in [-0.1, -0.05) is 36.6 Å². The minimum atomic E-state index is -0.511. The Morgan fingerprint density at radius 1 is 1.15 bits per heavy atom. The number of amides is 1. The minimum Gasteiger partial charge on any atom is -0.618 e. The first-order chi connectivity index (χ1) is 19.5. The smallest absolute Gasteiger partial charge is 0.411 e. The maximum absolute atomic E-state index is 13.5. The highest BCUT2D eigenvalue weighted by Crippen LogP contribution is 2.42. The monoisotopic (exact) mass is 554 g/mol. The van der Waals surface area contributed by atoms with Gasteiger partial charge >= 0.3 is 6.09 Å². The van der Waals surface area contributed by atoms with E-state index in [0.717, 1.165) is 44.7 Å². The van der Waals surface area contributed by atoms with Crippen molar-refractivity contribution in [3.63, 3.8) is 0 Å². The molecule has 1 atom stereocenters. The summed E-state index contributed by atoms with van der Waals surface area (Å²) in [4.78, 5) is 20.3. The molecule has 1 amide bonds. The maximum Gasteiger partial charge on any atom is 0.411 e. The molecule has 2 aromatic heterocycles. The van der Waals surface area contributed by atoms with E-state index in [1.807, 2.05) is 54.7 Å². The number of rotatable bonds is 8. The number of pyridine rings is 1. The molecule has 2 aromatic carbocycles. The number of carbonyl (C=O) groups is 1. The Morgan fingerprint density at radius 3 is 2.65 bits per heavy atom. The van der Waals surface area contributed by atoms with Crippen LogP contribution in [-0.4, -0.2) is 23.9 Å². The minimum absolute atomic E-state index is 0.0823. The van der Waals surface area contributed by atoms with Crippen molar-refractivity contribution in [3.8, 4) is 22.5 Å². The number of aromatic nitrogens is 2. The molecule has 1 aliphatic carbocycles. The van der Waals surface area contributed by atoms with Crippen molar-refractivity contribution < 1.29 is 18.7 Å². The molecule has 0 spiro atoms.